The average molecular weight is 331 g/mol. The molecule has 2 N–H and O–H groups in total. The Morgan fingerprint density at radius 1 is 1.08 bits per heavy atom. The summed E-state index contributed by atoms with van der Waals surface area (Å²) >= 11 is 0. The number of hydrogen-bond acceptors (Lipinski definition) is 3. The van der Waals surface area contributed by atoms with Gasteiger partial charge >= 0.3 is 0 Å². The van der Waals surface area contributed by atoms with E-state index < -0.39 is 0 Å². The van der Waals surface area contributed by atoms with Gasteiger partial charge in [0.1, 0.15) is 5.56 Å². The smallest absolute Gasteiger partial charge is 0.260 e. The highest BCUT2D eigenvalue weighted by atomic mass is 16.2. The highest BCUT2D eigenvalue weighted by Crippen LogP contribution is 2.26. The summed E-state index contributed by atoms with van der Waals surface area (Å²) in [6.07, 6.45) is 8.61. The maximum absolute atomic E-state index is 12.5. The van der Waals surface area contributed by atoms with Gasteiger partial charge in [0, 0.05) is 31.2 Å². The van der Waals surface area contributed by atoms with Crippen molar-refractivity contribution in [2.75, 3.05) is 13.1 Å². The van der Waals surface area contributed by atoms with Crippen LogP contribution < -0.4 is 10.9 Å². The van der Waals surface area contributed by atoms with Gasteiger partial charge in [0.2, 0.25) is 5.91 Å². The van der Waals surface area contributed by atoms with Crippen molar-refractivity contribution in [1.82, 2.24) is 15.2 Å². The van der Waals surface area contributed by atoms with Crippen molar-refractivity contribution in [2.24, 2.45) is 5.92 Å². The minimum Gasteiger partial charge on any atom is -0.349 e. The van der Waals surface area contributed by atoms with Gasteiger partial charge in [-0.3, -0.25) is 14.4 Å². The molecule has 2 amide bonds. The Bertz CT molecular complexity index is 641. The van der Waals surface area contributed by atoms with Gasteiger partial charge in [0.15, 0.2) is 0 Å². The standard InChI is InChI=1S/C18H25N3O3/c22-16-15(7-4-10-19-16)17(23)20-14-8-11-21(12-9-14)18(24)13-5-2-1-3-6-13/h4,7,10,13-14H,1-3,5-6,8-9,11-12H2,(H,19,22)(H,20,23). The molecule has 2 aliphatic rings. The highest BCUT2D eigenvalue weighted by molar-refractivity contribution is 5.93. The van der Waals surface area contributed by atoms with Crippen molar-refractivity contribution in [1.29, 1.82) is 0 Å². The van der Waals surface area contributed by atoms with Crippen LogP contribution in [0.15, 0.2) is 23.1 Å². The van der Waals surface area contributed by atoms with Crippen LogP contribution in [-0.2, 0) is 4.79 Å². The summed E-state index contributed by atoms with van der Waals surface area (Å²) in [6, 6.07) is 3.19. The molecule has 2 fully saturated rings. The minimum absolute atomic E-state index is 0.0208. The first kappa shape index (κ1) is 16.7. The molecule has 24 heavy (non-hydrogen) atoms. The van der Waals surface area contributed by atoms with E-state index in [1.54, 1.807) is 6.07 Å². The Labute approximate surface area is 141 Å². The van der Waals surface area contributed by atoms with Crippen LogP contribution in [0.25, 0.3) is 0 Å². The lowest BCUT2D eigenvalue weighted by Crippen LogP contribution is -2.48. The molecule has 3 rings (SSSR count). The summed E-state index contributed by atoms with van der Waals surface area (Å²) in [7, 11) is 0. The van der Waals surface area contributed by atoms with E-state index in [9.17, 15) is 14.4 Å². The maximum Gasteiger partial charge on any atom is 0.260 e. The van der Waals surface area contributed by atoms with E-state index in [1.165, 1.54) is 18.7 Å². The number of nitrogens with zero attached hydrogens (tertiary/aromatic N) is 1. The Balaban J connectivity index is 1.50. The number of aromatic amines is 1. The second kappa shape index (κ2) is 7.64. The van der Waals surface area contributed by atoms with E-state index in [0.29, 0.717) is 19.0 Å². The molecular formula is C18H25N3O3. The third-order valence-electron chi connectivity index (χ3n) is 5.16. The monoisotopic (exact) mass is 331 g/mol. The van der Waals surface area contributed by atoms with Crippen LogP contribution in [0.1, 0.15) is 55.3 Å². The zero-order valence-corrected chi connectivity index (χ0v) is 13.9. The molecule has 1 aliphatic heterocycles. The molecule has 1 saturated heterocycles. The minimum atomic E-state index is -0.375. The number of hydrogen-bond donors (Lipinski definition) is 2. The molecule has 6 nitrogen and oxygen atoms in total. The molecular weight excluding hydrogens is 306 g/mol. The molecule has 130 valence electrons. The van der Waals surface area contributed by atoms with Gasteiger partial charge in [-0.1, -0.05) is 19.3 Å². The maximum atomic E-state index is 12.5. The predicted octanol–water partition coefficient (Wildman–Crippen LogP) is 1.68. The number of aromatic nitrogens is 1. The Hall–Kier alpha value is -2.11. The van der Waals surface area contributed by atoms with Gasteiger partial charge in [-0.2, -0.15) is 0 Å². The molecule has 2 heterocycles. The molecule has 0 bridgehead atoms. The van der Waals surface area contributed by atoms with E-state index >= 15 is 0 Å². The van der Waals surface area contributed by atoms with Crippen molar-refractivity contribution in [2.45, 2.75) is 51.0 Å². The van der Waals surface area contributed by atoms with Crippen molar-refractivity contribution >= 4 is 11.8 Å². The molecule has 1 aliphatic carbocycles. The fraction of sp³-hybridized carbons (Fsp3) is 0.611. The van der Waals surface area contributed by atoms with Crippen molar-refractivity contribution in [3.63, 3.8) is 0 Å². The van der Waals surface area contributed by atoms with E-state index in [2.05, 4.69) is 10.3 Å². The topological polar surface area (TPSA) is 82.3 Å². The van der Waals surface area contributed by atoms with Gasteiger partial charge in [-0.15, -0.1) is 0 Å². The summed E-state index contributed by atoms with van der Waals surface area (Å²) in [4.78, 5) is 40.8. The van der Waals surface area contributed by atoms with E-state index in [-0.39, 0.29) is 29.0 Å². The second-order valence-electron chi connectivity index (χ2n) is 6.82. The summed E-state index contributed by atoms with van der Waals surface area (Å²) in [6.45, 7) is 1.37. The predicted molar refractivity (Wildman–Crippen MR) is 90.7 cm³/mol. The number of carbonyl (C=O) groups is 2. The lowest BCUT2D eigenvalue weighted by atomic mass is 9.87. The number of carbonyl (C=O) groups excluding carboxylic acids is 2. The summed E-state index contributed by atoms with van der Waals surface area (Å²) < 4.78 is 0. The van der Waals surface area contributed by atoms with Crippen molar-refractivity contribution < 1.29 is 9.59 Å². The third-order valence-corrected chi connectivity index (χ3v) is 5.16. The SMILES string of the molecule is O=C(NC1CCN(C(=O)C2CCCCC2)CC1)c1ccc[nH]c1=O. The fourth-order valence-corrected chi connectivity index (χ4v) is 3.72. The number of pyridine rings is 1. The molecule has 1 aromatic rings. The van der Waals surface area contributed by atoms with Crippen molar-refractivity contribution in [3.05, 3.63) is 34.2 Å². The van der Waals surface area contributed by atoms with Crippen LogP contribution in [0.2, 0.25) is 0 Å². The van der Waals surface area contributed by atoms with Crippen LogP contribution in [0.5, 0.6) is 0 Å². The van der Waals surface area contributed by atoms with Gasteiger partial charge in [-0.05, 0) is 37.8 Å². The number of likely N-dealkylation sites (tertiary alicyclic amines) is 1. The Morgan fingerprint density at radius 3 is 2.46 bits per heavy atom. The zero-order chi connectivity index (χ0) is 16.9. The van der Waals surface area contributed by atoms with Crippen LogP contribution >= 0.6 is 0 Å². The number of amides is 2. The zero-order valence-electron chi connectivity index (χ0n) is 13.9. The number of H-pyrrole nitrogens is 1. The average Bonchev–Trinajstić information content (AvgIpc) is 2.63. The fourth-order valence-electron chi connectivity index (χ4n) is 3.72. The van der Waals surface area contributed by atoms with E-state index in [4.69, 9.17) is 0 Å². The molecule has 1 saturated carbocycles. The number of rotatable bonds is 3. The second-order valence-corrected chi connectivity index (χ2v) is 6.82. The summed E-state index contributed by atoms with van der Waals surface area (Å²) in [5.74, 6) is 0.153. The van der Waals surface area contributed by atoms with Gasteiger partial charge in [0.25, 0.3) is 11.5 Å². The van der Waals surface area contributed by atoms with E-state index in [1.807, 2.05) is 4.90 Å². The first-order valence-electron chi connectivity index (χ1n) is 8.92. The quantitative estimate of drug-likeness (QED) is 0.884. The molecule has 1 aromatic heterocycles. The lowest BCUT2D eigenvalue weighted by Gasteiger charge is -2.35. The molecule has 0 unspecified atom stereocenters. The van der Waals surface area contributed by atoms with Gasteiger partial charge in [0.05, 0.1) is 0 Å². The molecule has 0 aromatic carbocycles. The summed E-state index contributed by atoms with van der Waals surface area (Å²) in [5.41, 5.74) is -0.238. The third kappa shape index (κ3) is 3.86. The lowest BCUT2D eigenvalue weighted by molar-refractivity contribution is -0.137. The molecule has 0 spiro atoms. The van der Waals surface area contributed by atoms with E-state index in [0.717, 1.165) is 38.5 Å². The number of piperidine rings is 1. The van der Waals surface area contributed by atoms with Crippen molar-refractivity contribution in [3.8, 4) is 0 Å². The van der Waals surface area contributed by atoms with Gasteiger partial charge < -0.3 is 15.2 Å². The Kier molecular flexibility index (Phi) is 5.33. The first-order valence-corrected chi connectivity index (χ1v) is 8.92. The molecule has 0 radical (unpaired) electrons. The number of nitrogens with one attached hydrogen (secondary N) is 2. The summed E-state index contributed by atoms with van der Waals surface area (Å²) in [5, 5.41) is 2.92. The van der Waals surface area contributed by atoms with Crippen LogP contribution in [0.4, 0.5) is 0 Å². The van der Waals surface area contributed by atoms with Crippen LogP contribution in [0.3, 0.4) is 0 Å². The molecule has 0 atom stereocenters. The first-order chi connectivity index (χ1) is 11.6. The highest BCUT2D eigenvalue weighted by Gasteiger charge is 2.29. The Morgan fingerprint density at radius 2 is 1.79 bits per heavy atom. The van der Waals surface area contributed by atoms with Crippen LogP contribution in [-0.4, -0.2) is 40.8 Å². The van der Waals surface area contributed by atoms with Gasteiger partial charge in [-0.25, -0.2) is 0 Å². The largest absolute Gasteiger partial charge is 0.349 e. The molecule has 6 heteroatoms. The van der Waals surface area contributed by atoms with Crippen LogP contribution in [0, 0.1) is 5.92 Å². The normalized spacial score (nSPS) is 19.9.